The quantitative estimate of drug-likeness (QED) is 0.403. The SMILES string of the molecule is CC[C@@H](C(=O)NC(C)(C)C)N(Cc1c(Cl)cccc1Cl)C(=O)CN(c1ccccc1C(C)C)S(C)(=O)=O. The number of halogens is 2. The van der Waals surface area contributed by atoms with Crippen LogP contribution in [-0.4, -0.2) is 49.5 Å². The smallest absolute Gasteiger partial charge is 0.244 e. The van der Waals surface area contributed by atoms with Gasteiger partial charge in [-0.15, -0.1) is 0 Å². The summed E-state index contributed by atoms with van der Waals surface area (Å²) in [6.45, 7) is 10.7. The number of nitrogens with one attached hydrogen (secondary N) is 1. The number of hydrogen-bond donors (Lipinski definition) is 1. The summed E-state index contributed by atoms with van der Waals surface area (Å²) < 4.78 is 26.9. The summed E-state index contributed by atoms with van der Waals surface area (Å²) >= 11 is 12.8. The second-order valence-corrected chi connectivity index (χ2v) is 13.1. The highest BCUT2D eigenvalue weighted by Crippen LogP contribution is 2.30. The topological polar surface area (TPSA) is 86.8 Å². The molecule has 0 aromatic heterocycles. The Labute approximate surface area is 231 Å². The van der Waals surface area contributed by atoms with Crippen molar-refractivity contribution >= 4 is 50.7 Å². The molecule has 204 valence electrons. The van der Waals surface area contributed by atoms with Gasteiger partial charge in [0.25, 0.3) is 0 Å². The lowest BCUT2D eigenvalue weighted by Crippen LogP contribution is -2.55. The maximum atomic E-state index is 13.9. The number of benzene rings is 2. The summed E-state index contributed by atoms with van der Waals surface area (Å²) in [5, 5.41) is 3.63. The maximum absolute atomic E-state index is 13.9. The van der Waals surface area contributed by atoms with Gasteiger partial charge in [0.1, 0.15) is 12.6 Å². The minimum Gasteiger partial charge on any atom is -0.350 e. The summed E-state index contributed by atoms with van der Waals surface area (Å²) in [6, 6.07) is 11.2. The van der Waals surface area contributed by atoms with E-state index in [-0.39, 0.29) is 18.4 Å². The highest BCUT2D eigenvalue weighted by Gasteiger charge is 2.34. The fourth-order valence-electron chi connectivity index (χ4n) is 4.02. The molecule has 2 rings (SSSR count). The molecule has 37 heavy (non-hydrogen) atoms. The number of amides is 2. The van der Waals surface area contributed by atoms with E-state index < -0.39 is 34.1 Å². The molecule has 0 fully saturated rings. The van der Waals surface area contributed by atoms with Gasteiger partial charge in [-0.05, 0) is 56.9 Å². The van der Waals surface area contributed by atoms with Crippen LogP contribution in [0.15, 0.2) is 42.5 Å². The number of anilines is 1. The Kier molecular flexibility index (Phi) is 10.5. The van der Waals surface area contributed by atoms with Crippen molar-refractivity contribution in [1.29, 1.82) is 0 Å². The van der Waals surface area contributed by atoms with Gasteiger partial charge in [-0.25, -0.2) is 8.42 Å². The molecule has 0 aliphatic rings. The summed E-state index contributed by atoms with van der Waals surface area (Å²) in [5.74, 6) is -0.870. The molecule has 0 radical (unpaired) electrons. The second kappa shape index (κ2) is 12.5. The number of nitrogens with zero attached hydrogens (tertiary/aromatic N) is 2. The lowest BCUT2D eigenvalue weighted by molar-refractivity contribution is -0.141. The van der Waals surface area contributed by atoms with Gasteiger partial charge in [-0.1, -0.05) is 68.2 Å². The van der Waals surface area contributed by atoms with Crippen LogP contribution in [0.2, 0.25) is 10.0 Å². The van der Waals surface area contributed by atoms with Crippen LogP contribution in [0.25, 0.3) is 0 Å². The Bertz CT molecular complexity index is 1210. The Morgan fingerprint density at radius 1 is 1.00 bits per heavy atom. The van der Waals surface area contributed by atoms with E-state index in [1.165, 1.54) is 4.90 Å². The minimum atomic E-state index is -3.84. The van der Waals surface area contributed by atoms with Crippen LogP contribution in [0.1, 0.15) is 65.0 Å². The third kappa shape index (κ3) is 8.35. The van der Waals surface area contributed by atoms with E-state index in [2.05, 4.69) is 5.32 Å². The van der Waals surface area contributed by atoms with Crippen molar-refractivity contribution in [3.8, 4) is 0 Å². The van der Waals surface area contributed by atoms with Crippen molar-refractivity contribution in [1.82, 2.24) is 10.2 Å². The van der Waals surface area contributed by atoms with Crippen molar-refractivity contribution in [3.05, 3.63) is 63.6 Å². The normalized spacial score (nSPS) is 12.8. The molecule has 7 nitrogen and oxygen atoms in total. The zero-order valence-corrected chi connectivity index (χ0v) is 24.8. The van der Waals surface area contributed by atoms with E-state index in [1.54, 1.807) is 37.3 Å². The number of carbonyl (C=O) groups excluding carboxylic acids is 2. The van der Waals surface area contributed by atoms with Crippen molar-refractivity contribution in [3.63, 3.8) is 0 Å². The molecule has 0 saturated heterocycles. The van der Waals surface area contributed by atoms with Crippen LogP contribution in [0.4, 0.5) is 5.69 Å². The van der Waals surface area contributed by atoms with E-state index >= 15 is 0 Å². The van der Waals surface area contributed by atoms with Gasteiger partial charge < -0.3 is 10.2 Å². The van der Waals surface area contributed by atoms with Crippen LogP contribution in [0.3, 0.4) is 0 Å². The highest BCUT2D eigenvalue weighted by atomic mass is 35.5. The predicted molar refractivity (Wildman–Crippen MR) is 152 cm³/mol. The first-order chi connectivity index (χ1) is 17.1. The number of rotatable bonds is 10. The molecule has 0 aliphatic carbocycles. The molecule has 0 spiro atoms. The molecule has 2 amide bonds. The van der Waals surface area contributed by atoms with Crippen molar-refractivity contribution in [2.45, 2.75) is 72.0 Å². The second-order valence-electron chi connectivity index (χ2n) is 10.4. The highest BCUT2D eigenvalue weighted by molar-refractivity contribution is 7.92. The molecule has 0 unspecified atom stereocenters. The fraction of sp³-hybridized carbons (Fsp3) is 0.481. The van der Waals surface area contributed by atoms with Gasteiger partial charge >= 0.3 is 0 Å². The standard InChI is InChI=1S/C27H37Cl2N3O4S/c1-8-23(26(34)30-27(4,5)6)31(16-20-21(28)13-11-14-22(20)29)25(33)17-32(37(7,35)36)24-15-10-9-12-19(24)18(2)3/h9-15,18,23H,8,16-17H2,1-7H3,(H,30,34)/t23-/m0/s1. The third-order valence-electron chi connectivity index (χ3n) is 5.78. The minimum absolute atomic E-state index is 0.0227. The molecule has 2 aromatic carbocycles. The zero-order chi connectivity index (χ0) is 28.1. The molecular formula is C27H37Cl2N3O4S. The van der Waals surface area contributed by atoms with Gasteiger partial charge in [0, 0.05) is 27.7 Å². The van der Waals surface area contributed by atoms with Gasteiger partial charge in [0.15, 0.2) is 0 Å². The molecule has 1 atom stereocenters. The Balaban J connectivity index is 2.59. The average Bonchev–Trinajstić information content (AvgIpc) is 2.77. The molecular weight excluding hydrogens is 533 g/mol. The van der Waals surface area contributed by atoms with E-state index in [0.29, 0.717) is 27.7 Å². The number of sulfonamides is 1. The van der Waals surface area contributed by atoms with Gasteiger partial charge in [0.2, 0.25) is 21.8 Å². The fourth-order valence-corrected chi connectivity index (χ4v) is 5.41. The van der Waals surface area contributed by atoms with E-state index in [0.717, 1.165) is 16.1 Å². The van der Waals surface area contributed by atoms with Crippen LogP contribution in [0.5, 0.6) is 0 Å². The first-order valence-electron chi connectivity index (χ1n) is 12.2. The monoisotopic (exact) mass is 569 g/mol. The summed E-state index contributed by atoms with van der Waals surface area (Å²) in [5.41, 5.74) is 1.17. The van der Waals surface area contributed by atoms with Gasteiger partial charge in [-0.2, -0.15) is 0 Å². The van der Waals surface area contributed by atoms with Crippen LogP contribution in [0, 0.1) is 0 Å². The average molecular weight is 571 g/mol. The van der Waals surface area contributed by atoms with Crippen LogP contribution < -0.4 is 9.62 Å². The first kappa shape index (κ1) is 30.9. The third-order valence-corrected chi connectivity index (χ3v) is 7.62. The van der Waals surface area contributed by atoms with E-state index in [4.69, 9.17) is 23.2 Å². The van der Waals surface area contributed by atoms with Crippen LogP contribution in [-0.2, 0) is 26.2 Å². The Morgan fingerprint density at radius 3 is 2.05 bits per heavy atom. The molecule has 0 aliphatic heterocycles. The largest absolute Gasteiger partial charge is 0.350 e. The molecule has 0 saturated carbocycles. The molecule has 10 heteroatoms. The van der Waals surface area contributed by atoms with E-state index in [9.17, 15) is 18.0 Å². The number of carbonyl (C=O) groups is 2. The van der Waals surface area contributed by atoms with Crippen molar-refractivity contribution in [2.24, 2.45) is 0 Å². The Morgan fingerprint density at radius 2 is 1.57 bits per heavy atom. The van der Waals surface area contributed by atoms with Crippen molar-refractivity contribution in [2.75, 3.05) is 17.1 Å². The zero-order valence-electron chi connectivity index (χ0n) is 22.5. The summed E-state index contributed by atoms with van der Waals surface area (Å²) in [4.78, 5) is 28.6. The van der Waals surface area contributed by atoms with Crippen molar-refractivity contribution < 1.29 is 18.0 Å². The lowest BCUT2D eigenvalue weighted by Gasteiger charge is -2.35. The molecule has 0 heterocycles. The van der Waals surface area contributed by atoms with E-state index in [1.807, 2.05) is 46.8 Å². The lowest BCUT2D eigenvalue weighted by atomic mass is 10.0. The molecule has 1 N–H and O–H groups in total. The van der Waals surface area contributed by atoms with Gasteiger partial charge in [-0.3, -0.25) is 13.9 Å². The summed E-state index contributed by atoms with van der Waals surface area (Å²) in [7, 11) is -3.84. The summed E-state index contributed by atoms with van der Waals surface area (Å²) in [6.07, 6.45) is 1.37. The maximum Gasteiger partial charge on any atom is 0.244 e. The number of para-hydroxylation sites is 1. The Hall–Kier alpha value is -2.29. The predicted octanol–water partition coefficient (Wildman–Crippen LogP) is 5.60. The van der Waals surface area contributed by atoms with Crippen LogP contribution >= 0.6 is 23.2 Å². The first-order valence-corrected chi connectivity index (χ1v) is 14.8. The van der Waals surface area contributed by atoms with Gasteiger partial charge in [0.05, 0.1) is 11.9 Å². The number of hydrogen-bond acceptors (Lipinski definition) is 4. The molecule has 2 aromatic rings. The molecule has 0 bridgehead atoms.